The van der Waals surface area contributed by atoms with Crippen LogP contribution in [0, 0.1) is 0 Å². The van der Waals surface area contributed by atoms with Crippen molar-refractivity contribution < 1.29 is 18.0 Å². The smallest absolute Gasteiger partial charge is 0.328 e. The maximum Gasteiger partial charge on any atom is 0.328 e. The SMILES string of the molecule is CC(C)NC(=O)NS(=O)(=O)c1ccc(C(N)=O)cc1N. The second kappa shape index (κ2) is 5.78. The molecule has 1 rings (SSSR count). The third-order valence-corrected chi connectivity index (χ3v) is 3.64. The molecule has 0 heterocycles. The summed E-state index contributed by atoms with van der Waals surface area (Å²) in [6, 6.07) is 2.38. The van der Waals surface area contributed by atoms with Crippen molar-refractivity contribution in [3.63, 3.8) is 0 Å². The number of hydrogen-bond donors (Lipinski definition) is 4. The minimum absolute atomic E-state index is 0.0769. The fourth-order valence-corrected chi connectivity index (χ4v) is 2.44. The van der Waals surface area contributed by atoms with E-state index in [0.29, 0.717) is 0 Å². The molecule has 6 N–H and O–H groups in total. The lowest BCUT2D eigenvalue weighted by Crippen LogP contribution is -2.42. The van der Waals surface area contributed by atoms with Gasteiger partial charge < -0.3 is 16.8 Å². The average molecular weight is 300 g/mol. The maximum atomic E-state index is 12.0. The number of nitrogen functional groups attached to an aromatic ring is 1. The number of primary amides is 1. The molecule has 0 spiro atoms. The summed E-state index contributed by atoms with van der Waals surface area (Å²) < 4.78 is 25.7. The van der Waals surface area contributed by atoms with E-state index in [-0.39, 0.29) is 22.2 Å². The Morgan fingerprint density at radius 3 is 2.30 bits per heavy atom. The van der Waals surface area contributed by atoms with Crippen LogP contribution in [0.1, 0.15) is 24.2 Å². The first-order chi connectivity index (χ1) is 9.13. The molecule has 0 radical (unpaired) electrons. The average Bonchev–Trinajstić information content (AvgIpc) is 2.25. The molecule has 1 aromatic carbocycles. The van der Waals surface area contributed by atoms with Gasteiger partial charge in [0.05, 0.1) is 5.69 Å². The fourth-order valence-electron chi connectivity index (χ4n) is 1.42. The van der Waals surface area contributed by atoms with E-state index in [2.05, 4.69) is 5.32 Å². The van der Waals surface area contributed by atoms with Gasteiger partial charge in [0.25, 0.3) is 10.0 Å². The highest BCUT2D eigenvalue weighted by Gasteiger charge is 2.21. The Hall–Kier alpha value is -2.29. The largest absolute Gasteiger partial charge is 0.398 e. The Morgan fingerprint density at radius 1 is 1.25 bits per heavy atom. The van der Waals surface area contributed by atoms with E-state index in [4.69, 9.17) is 11.5 Å². The molecule has 1 aromatic rings. The van der Waals surface area contributed by atoms with Gasteiger partial charge >= 0.3 is 6.03 Å². The lowest BCUT2D eigenvalue weighted by atomic mass is 10.2. The minimum Gasteiger partial charge on any atom is -0.398 e. The van der Waals surface area contributed by atoms with Crippen LogP contribution in [0.5, 0.6) is 0 Å². The number of carbonyl (C=O) groups is 2. The van der Waals surface area contributed by atoms with Crippen LogP contribution in [-0.4, -0.2) is 26.4 Å². The Balaban J connectivity index is 3.04. The van der Waals surface area contributed by atoms with Crippen LogP contribution in [-0.2, 0) is 10.0 Å². The molecule has 0 aliphatic heterocycles. The van der Waals surface area contributed by atoms with E-state index in [1.165, 1.54) is 6.07 Å². The molecule has 0 bridgehead atoms. The van der Waals surface area contributed by atoms with Gasteiger partial charge in [-0.3, -0.25) is 4.79 Å². The molecule has 0 saturated heterocycles. The third-order valence-electron chi connectivity index (χ3n) is 2.23. The van der Waals surface area contributed by atoms with Gasteiger partial charge in [-0.05, 0) is 32.0 Å². The van der Waals surface area contributed by atoms with Crippen molar-refractivity contribution in [1.29, 1.82) is 0 Å². The van der Waals surface area contributed by atoms with Crippen molar-refractivity contribution >= 4 is 27.6 Å². The van der Waals surface area contributed by atoms with Crippen molar-refractivity contribution in [3.05, 3.63) is 23.8 Å². The molecule has 0 saturated carbocycles. The zero-order chi connectivity index (χ0) is 15.5. The second-order valence-corrected chi connectivity index (χ2v) is 6.00. The number of rotatable bonds is 4. The van der Waals surface area contributed by atoms with Crippen LogP contribution >= 0.6 is 0 Å². The van der Waals surface area contributed by atoms with Gasteiger partial charge in [0.1, 0.15) is 4.90 Å². The Bertz CT molecular complexity index is 640. The Morgan fingerprint density at radius 2 is 1.85 bits per heavy atom. The lowest BCUT2D eigenvalue weighted by Gasteiger charge is -2.12. The number of urea groups is 1. The quantitative estimate of drug-likeness (QED) is 0.567. The van der Waals surface area contributed by atoms with Gasteiger partial charge in [-0.25, -0.2) is 17.9 Å². The predicted molar refractivity (Wildman–Crippen MR) is 73.4 cm³/mol. The monoisotopic (exact) mass is 300 g/mol. The summed E-state index contributed by atoms with van der Waals surface area (Å²) in [4.78, 5) is 22.1. The van der Waals surface area contributed by atoms with Crippen LogP contribution in [0.3, 0.4) is 0 Å². The van der Waals surface area contributed by atoms with E-state index in [0.717, 1.165) is 12.1 Å². The molecule has 0 fully saturated rings. The van der Waals surface area contributed by atoms with Crippen LogP contribution in [0.4, 0.5) is 10.5 Å². The van der Waals surface area contributed by atoms with E-state index in [1.807, 2.05) is 4.72 Å². The standard InChI is InChI=1S/C11H16N4O4S/c1-6(2)14-11(17)15-20(18,19)9-4-3-7(10(13)16)5-8(9)12/h3-6H,12H2,1-2H3,(H2,13,16)(H2,14,15,17). The van der Waals surface area contributed by atoms with E-state index >= 15 is 0 Å². The number of anilines is 1. The summed E-state index contributed by atoms with van der Waals surface area (Å²) >= 11 is 0. The van der Waals surface area contributed by atoms with Crippen molar-refractivity contribution in [2.45, 2.75) is 24.8 Å². The van der Waals surface area contributed by atoms with Crippen molar-refractivity contribution in [2.75, 3.05) is 5.73 Å². The highest BCUT2D eigenvalue weighted by molar-refractivity contribution is 7.90. The normalized spacial score (nSPS) is 11.2. The van der Waals surface area contributed by atoms with E-state index in [1.54, 1.807) is 13.8 Å². The molecule has 0 aromatic heterocycles. The van der Waals surface area contributed by atoms with E-state index in [9.17, 15) is 18.0 Å². The Kier molecular flexibility index (Phi) is 4.56. The fraction of sp³-hybridized carbons (Fsp3) is 0.273. The van der Waals surface area contributed by atoms with Crippen LogP contribution in [0.25, 0.3) is 0 Å². The number of carbonyl (C=O) groups excluding carboxylic acids is 2. The number of amides is 3. The summed E-state index contributed by atoms with van der Waals surface area (Å²) in [5.41, 5.74) is 10.5. The first-order valence-corrected chi connectivity index (χ1v) is 7.14. The highest BCUT2D eigenvalue weighted by atomic mass is 32.2. The molecule has 0 unspecified atom stereocenters. The van der Waals surface area contributed by atoms with E-state index < -0.39 is 22.0 Å². The number of nitrogens with two attached hydrogens (primary N) is 2. The van der Waals surface area contributed by atoms with Gasteiger partial charge in [-0.1, -0.05) is 0 Å². The molecule has 110 valence electrons. The Labute approximate surface area is 116 Å². The molecular weight excluding hydrogens is 284 g/mol. The molecule has 20 heavy (non-hydrogen) atoms. The summed E-state index contributed by atoms with van der Waals surface area (Å²) in [5, 5.41) is 2.37. The highest BCUT2D eigenvalue weighted by Crippen LogP contribution is 2.19. The first kappa shape index (κ1) is 15.8. The van der Waals surface area contributed by atoms with Gasteiger partial charge in [-0.15, -0.1) is 0 Å². The van der Waals surface area contributed by atoms with Gasteiger partial charge in [0, 0.05) is 11.6 Å². The summed E-state index contributed by atoms with van der Waals surface area (Å²) in [5.74, 6) is -0.730. The topological polar surface area (TPSA) is 144 Å². The predicted octanol–water partition coefficient (Wildman–Crippen LogP) is -0.236. The zero-order valence-electron chi connectivity index (χ0n) is 11.0. The van der Waals surface area contributed by atoms with Crippen molar-refractivity contribution in [1.82, 2.24) is 10.0 Å². The number of nitrogens with one attached hydrogen (secondary N) is 2. The summed E-state index contributed by atoms with van der Waals surface area (Å²) in [7, 11) is -4.12. The summed E-state index contributed by atoms with van der Waals surface area (Å²) in [6.45, 7) is 3.37. The lowest BCUT2D eigenvalue weighted by molar-refractivity contribution is 0.1000. The number of hydrogen-bond acceptors (Lipinski definition) is 5. The van der Waals surface area contributed by atoms with Crippen LogP contribution in [0.2, 0.25) is 0 Å². The van der Waals surface area contributed by atoms with Gasteiger partial charge in [0.2, 0.25) is 5.91 Å². The molecule has 3 amide bonds. The number of sulfonamides is 1. The number of benzene rings is 1. The molecular formula is C11H16N4O4S. The van der Waals surface area contributed by atoms with Crippen molar-refractivity contribution in [3.8, 4) is 0 Å². The van der Waals surface area contributed by atoms with Crippen LogP contribution in [0.15, 0.2) is 23.1 Å². The third kappa shape index (κ3) is 3.85. The van der Waals surface area contributed by atoms with Gasteiger partial charge in [-0.2, -0.15) is 0 Å². The molecule has 0 aliphatic carbocycles. The van der Waals surface area contributed by atoms with Crippen molar-refractivity contribution in [2.24, 2.45) is 5.73 Å². The molecule has 0 atom stereocenters. The summed E-state index contributed by atoms with van der Waals surface area (Å²) in [6.07, 6.45) is 0. The molecule has 9 heteroatoms. The second-order valence-electron chi connectivity index (χ2n) is 4.35. The molecule has 8 nitrogen and oxygen atoms in total. The van der Waals surface area contributed by atoms with Crippen LogP contribution < -0.4 is 21.5 Å². The first-order valence-electron chi connectivity index (χ1n) is 5.66. The zero-order valence-corrected chi connectivity index (χ0v) is 11.8. The van der Waals surface area contributed by atoms with Gasteiger partial charge in [0.15, 0.2) is 0 Å². The minimum atomic E-state index is -4.12. The maximum absolute atomic E-state index is 12.0. The molecule has 0 aliphatic rings.